The van der Waals surface area contributed by atoms with Crippen molar-refractivity contribution in [3.63, 3.8) is 0 Å². The molecule has 0 spiro atoms. The summed E-state index contributed by atoms with van der Waals surface area (Å²) >= 11 is 0. The van der Waals surface area contributed by atoms with Crippen molar-refractivity contribution in [1.82, 2.24) is 0 Å². The number of ether oxygens (including phenoxy) is 1. The molecule has 0 amide bonds. The highest BCUT2D eigenvalue weighted by molar-refractivity contribution is 5.66. The van der Waals surface area contributed by atoms with Crippen molar-refractivity contribution in [1.29, 1.82) is 0 Å². The molecule has 2 rings (SSSR count). The summed E-state index contributed by atoms with van der Waals surface area (Å²) in [4.78, 5) is 0. The van der Waals surface area contributed by atoms with Gasteiger partial charge in [0.25, 0.3) is 0 Å². The van der Waals surface area contributed by atoms with Gasteiger partial charge in [-0.15, -0.1) is 0 Å². The molecule has 2 aromatic carbocycles. The minimum absolute atomic E-state index is 0.684. The second kappa shape index (κ2) is 5.45. The highest BCUT2D eigenvalue weighted by atomic mass is 16.5. The normalized spacial score (nSPS) is 10.1. The zero-order chi connectivity index (χ0) is 13.0. The Hall–Kier alpha value is -2.16. The van der Waals surface area contributed by atoms with E-state index in [-0.39, 0.29) is 0 Å². The number of nitrogen functional groups attached to an aromatic ring is 1. The van der Waals surface area contributed by atoms with Gasteiger partial charge in [-0.25, -0.2) is 0 Å². The number of rotatable bonds is 4. The lowest BCUT2D eigenvalue weighted by molar-refractivity contribution is 0.340. The third-order valence-corrected chi connectivity index (χ3v) is 2.69. The van der Waals surface area contributed by atoms with E-state index in [4.69, 9.17) is 10.5 Å². The highest BCUT2D eigenvalue weighted by Crippen LogP contribution is 2.23. The Kier molecular flexibility index (Phi) is 3.72. The molecule has 0 aliphatic rings. The first-order valence-corrected chi connectivity index (χ1v) is 6.05. The molecule has 94 valence electrons. The van der Waals surface area contributed by atoms with Gasteiger partial charge in [-0.05, 0) is 61.9 Å². The van der Waals surface area contributed by atoms with Crippen molar-refractivity contribution in [2.24, 2.45) is 0 Å². The fourth-order valence-corrected chi connectivity index (χ4v) is 1.78. The van der Waals surface area contributed by atoms with E-state index in [1.807, 2.05) is 56.3 Å². The van der Waals surface area contributed by atoms with E-state index in [0.29, 0.717) is 6.61 Å². The van der Waals surface area contributed by atoms with Crippen LogP contribution in [0.5, 0.6) is 5.75 Å². The molecule has 0 aliphatic heterocycles. The monoisotopic (exact) mass is 242 g/mol. The van der Waals surface area contributed by atoms with E-state index < -0.39 is 0 Å². The Morgan fingerprint density at radius 1 is 1.11 bits per heavy atom. The fourth-order valence-electron chi connectivity index (χ4n) is 1.78. The lowest BCUT2D eigenvalue weighted by Gasteiger charge is -2.11. The molecular weight excluding hydrogens is 224 g/mol. The van der Waals surface area contributed by atoms with E-state index >= 15 is 0 Å². The number of aryl methyl sites for hydroxylation is 1. The first-order chi connectivity index (χ1) is 8.69. The van der Waals surface area contributed by atoms with Gasteiger partial charge in [-0.2, -0.15) is 0 Å². The molecule has 3 nitrogen and oxygen atoms in total. The van der Waals surface area contributed by atoms with Crippen LogP contribution in [0.15, 0.2) is 42.5 Å². The van der Waals surface area contributed by atoms with Gasteiger partial charge < -0.3 is 15.8 Å². The summed E-state index contributed by atoms with van der Waals surface area (Å²) in [5.74, 6) is 0.886. The molecule has 0 aliphatic carbocycles. The minimum atomic E-state index is 0.684. The molecule has 0 aromatic heterocycles. The second-order valence-electron chi connectivity index (χ2n) is 4.16. The van der Waals surface area contributed by atoms with Gasteiger partial charge in [0.2, 0.25) is 0 Å². The molecule has 0 heterocycles. The van der Waals surface area contributed by atoms with Crippen molar-refractivity contribution in [2.45, 2.75) is 13.8 Å². The lowest BCUT2D eigenvalue weighted by Crippen LogP contribution is -1.95. The van der Waals surface area contributed by atoms with E-state index in [1.165, 1.54) is 0 Å². The zero-order valence-corrected chi connectivity index (χ0v) is 10.7. The molecule has 2 aromatic rings. The van der Waals surface area contributed by atoms with Crippen LogP contribution in [0, 0.1) is 6.92 Å². The lowest BCUT2D eigenvalue weighted by atomic mass is 10.1. The predicted molar refractivity (Wildman–Crippen MR) is 76.5 cm³/mol. The third-order valence-electron chi connectivity index (χ3n) is 2.69. The van der Waals surface area contributed by atoms with E-state index in [2.05, 4.69) is 5.32 Å². The molecule has 0 radical (unpaired) electrons. The molecular formula is C15H18N2O. The summed E-state index contributed by atoms with van der Waals surface area (Å²) in [6.07, 6.45) is 0. The van der Waals surface area contributed by atoms with Crippen LogP contribution in [-0.2, 0) is 0 Å². The largest absolute Gasteiger partial charge is 0.494 e. The topological polar surface area (TPSA) is 47.3 Å². The summed E-state index contributed by atoms with van der Waals surface area (Å²) in [6.45, 7) is 4.70. The standard InChI is InChI=1S/C15H18N2O/c1-3-18-14-7-5-13(6-8-14)17-15-9-4-12(16)10-11(15)2/h4-10,17H,3,16H2,1-2H3. The maximum Gasteiger partial charge on any atom is 0.119 e. The number of benzene rings is 2. The smallest absolute Gasteiger partial charge is 0.119 e. The Bertz CT molecular complexity index is 521. The average molecular weight is 242 g/mol. The van der Waals surface area contributed by atoms with Crippen LogP contribution in [-0.4, -0.2) is 6.61 Å². The van der Waals surface area contributed by atoms with Crippen molar-refractivity contribution in [3.8, 4) is 5.75 Å². The molecule has 3 N–H and O–H groups in total. The van der Waals surface area contributed by atoms with Gasteiger partial charge in [0.05, 0.1) is 6.61 Å². The highest BCUT2D eigenvalue weighted by Gasteiger charge is 2.00. The van der Waals surface area contributed by atoms with Crippen LogP contribution in [0.4, 0.5) is 17.1 Å². The van der Waals surface area contributed by atoms with Gasteiger partial charge in [0.1, 0.15) is 5.75 Å². The van der Waals surface area contributed by atoms with Crippen LogP contribution in [0.25, 0.3) is 0 Å². The maximum absolute atomic E-state index is 5.73. The zero-order valence-electron chi connectivity index (χ0n) is 10.7. The van der Waals surface area contributed by atoms with Crippen LogP contribution in [0.1, 0.15) is 12.5 Å². The third kappa shape index (κ3) is 2.94. The minimum Gasteiger partial charge on any atom is -0.494 e. The summed E-state index contributed by atoms with van der Waals surface area (Å²) < 4.78 is 5.41. The quantitative estimate of drug-likeness (QED) is 0.803. The number of nitrogens with one attached hydrogen (secondary N) is 1. The van der Waals surface area contributed by atoms with Crippen LogP contribution < -0.4 is 15.8 Å². The summed E-state index contributed by atoms with van der Waals surface area (Å²) in [7, 11) is 0. The predicted octanol–water partition coefficient (Wildman–Crippen LogP) is 3.72. The van der Waals surface area contributed by atoms with Crippen molar-refractivity contribution >= 4 is 17.1 Å². The Morgan fingerprint density at radius 2 is 1.83 bits per heavy atom. The summed E-state index contributed by atoms with van der Waals surface area (Å²) in [5, 5.41) is 3.36. The molecule has 3 heteroatoms. The molecule has 18 heavy (non-hydrogen) atoms. The van der Waals surface area contributed by atoms with Crippen LogP contribution >= 0.6 is 0 Å². The second-order valence-corrected chi connectivity index (χ2v) is 4.16. The van der Waals surface area contributed by atoms with Crippen molar-refractivity contribution in [3.05, 3.63) is 48.0 Å². The fraction of sp³-hybridized carbons (Fsp3) is 0.200. The number of hydrogen-bond donors (Lipinski definition) is 2. The van der Waals surface area contributed by atoms with E-state index in [1.54, 1.807) is 0 Å². The van der Waals surface area contributed by atoms with Crippen molar-refractivity contribution in [2.75, 3.05) is 17.7 Å². The first-order valence-electron chi connectivity index (χ1n) is 6.05. The van der Waals surface area contributed by atoms with Crippen LogP contribution in [0.3, 0.4) is 0 Å². The Morgan fingerprint density at radius 3 is 2.44 bits per heavy atom. The van der Waals surface area contributed by atoms with E-state index in [9.17, 15) is 0 Å². The van der Waals surface area contributed by atoms with Gasteiger partial charge in [0.15, 0.2) is 0 Å². The van der Waals surface area contributed by atoms with Gasteiger partial charge in [-0.1, -0.05) is 0 Å². The maximum atomic E-state index is 5.73. The number of hydrogen-bond acceptors (Lipinski definition) is 3. The SMILES string of the molecule is CCOc1ccc(Nc2ccc(N)cc2C)cc1. The Balaban J connectivity index is 2.13. The van der Waals surface area contributed by atoms with Crippen molar-refractivity contribution < 1.29 is 4.74 Å². The van der Waals surface area contributed by atoms with Gasteiger partial charge in [-0.3, -0.25) is 0 Å². The van der Waals surface area contributed by atoms with E-state index in [0.717, 1.165) is 28.4 Å². The average Bonchev–Trinajstić information content (AvgIpc) is 2.35. The molecule has 0 fully saturated rings. The molecule has 0 unspecified atom stereocenters. The van der Waals surface area contributed by atoms with Gasteiger partial charge >= 0.3 is 0 Å². The molecule has 0 saturated heterocycles. The van der Waals surface area contributed by atoms with Gasteiger partial charge in [0, 0.05) is 17.1 Å². The Labute approximate surface area is 108 Å². The molecule has 0 bridgehead atoms. The number of anilines is 3. The molecule has 0 saturated carbocycles. The summed E-state index contributed by atoms with van der Waals surface area (Å²) in [6, 6.07) is 13.8. The summed E-state index contributed by atoms with van der Waals surface area (Å²) in [5.41, 5.74) is 9.74. The number of nitrogens with two attached hydrogens (primary N) is 1. The first kappa shape index (κ1) is 12.3. The van der Waals surface area contributed by atoms with Crippen LogP contribution in [0.2, 0.25) is 0 Å². The molecule has 0 atom stereocenters.